The molecule has 4 nitrogen and oxygen atoms in total. The van der Waals surface area contributed by atoms with Gasteiger partial charge in [0.1, 0.15) is 6.04 Å². The molecule has 0 saturated carbocycles. The van der Waals surface area contributed by atoms with Gasteiger partial charge in [0.05, 0.1) is 6.61 Å². The summed E-state index contributed by atoms with van der Waals surface area (Å²) in [6.45, 7) is 7.42. The number of carboxylic acid groups (broad SMARTS) is 1. The highest BCUT2D eigenvalue weighted by molar-refractivity contribution is 5.85. The van der Waals surface area contributed by atoms with Gasteiger partial charge >= 0.3 is 5.97 Å². The molecule has 5 heteroatoms. The lowest BCUT2D eigenvalue weighted by atomic mass is 10.0. The summed E-state index contributed by atoms with van der Waals surface area (Å²) >= 11 is 0. The Morgan fingerprint density at radius 1 is 1.39 bits per heavy atom. The summed E-state index contributed by atoms with van der Waals surface area (Å²) in [5.74, 6) is -0.0244. The van der Waals surface area contributed by atoms with Crippen molar-refractivity contribution in [1.29, 1.82) is 0 Å². The van der Waals surface area contributed by atoms with Gasteiger partial charge in [0, 0.05) is 13.2 Å². The summed E-state index contributed by atoms with van der Waals surface area (Å²) in [6.07, 6.45) is 3.99. The van der Waals surface area contributed by atoms with Gasteiger partial charge in [-0.15, -0.1) is 12.4 Å². The first kappa shape index (κ1) is 17.7. The molecule has 0 amide bonds. The van der Waals surface area contributed by atoms with Gasteiger partial charge in [-0.25, -0.2) is 0 Å². The lowest BCUT2D eigenvalue weighted by Crippen LogP contribution is -2.46. The second-order valence-electron chi connectivity index (χ2n) is 5.18. The summed E-state index contributed by atoms with van der Waals surface area (Å²) < 4.78 is 5.54. The Bertz CT molecular complexity index is 236. The molecule has 1 heterocycles. The predicted octanol–water partition coefficient (Wildman–Crippen LogP) is 2.41. The molecule has 1 saturated heterocycles. The number of aliphatic carboxylic acids is 1. The van der Waals surface area contributed by atoms with Gasteiger partial charge < -0.3 is 9.84 Å². The first-order valence-corrected chi connectivity index (χ1v) is 6.66. The molecule has 0 aromatic rings. The molecule has 1 rings (SSSR count). The molecule has 0 spiro atoms. The summed E-state index contributed by atoms with van der Waals surface area (Å²) in [7, 11) is 0. The van der Waals surface area contributed by atoms with E-state index in [1.165, 1.54) is 0 Å². The van der Waals surface area contributed by atoms with Crippen LogP contribution in [-0.4, -0.2) is 48.3 Å². The van der Waals surface area contributed by atoms with Crippen LogP contribution in [0.1, 0.15) is 39.5 Å². The molecule has 1 aliphatic rings. The number of nitrogens with zero attached hydrogens (tertiary/aromatic N) is 1. The van der Waals surface area contributed by atoms with E-state index in [1.54, 1.807) is 0 Å². The molecule has 1 unspecified atom stereocenters. The van der Waals surface area contributed by atoms with Crippen LogP contribution < -0.4 is 0 Å². The SMILES string of the molecule is CC(C)CCOCCN1CCCCC1C(=O)O.Cl. The predicted molar refractivity (Wildman–Crippen MR) is 74.4 cm³/mol. The van der Waals surface area contributed by atoms with Crippen molar-refractivity contribution in [2.45, 2.75) is 45.6 Å². The number of ether oxygens (including phenoxy) is 1. The van der Waals surface area contributed by atoms with E-state index in [1.807, 2.05) is 4.90 Å². The second kappa shape index (κ2) is 9.59. The number of hydrogen-bond donors (Lipinski definition) is 1. The zero-order valence-electron chi connectivity index (χ0n) is 11.4. The van der Waals surface area contributed by atoms with Crippen LogP contribution in [0.4, 0.5) is 0 Å². The number of rotatable bonds is 7. The molecule has 0 radical (unpaired) electrons. The molecule has 108 valence electrons. The van der Waals surface area contributed by atoms with Gasteiger partial charge in [0.15, 0.2) is 0 Å². The first-order valence-electron chi connectivity index (χ1n) is 6.66. The van der Waals surface area contributed by atoms with E-state index in [-0.39, 0.29) is 18.4 Å². The zero-order chi connectivity index (χ0) is 12.7. The van der Waals surface area contributed by atoms with Crippen LogP contribution in [0.25, 0.3) is 0 Å². The van der Waals surface area contributed by atoms with Crippen molar-refractivity contribution in [3.63, 3.8) is 0 Å². The lowest BCUT2D eigenvalue weighted by molar-refractivity contribution is -0.144. The number of carboxylic acids is 1. The van der Waals surface area contributed by atoms with E-state index in [2.05, 4.69) is 13.8 Å². The smallest absolute Gasteiger partial charge is 0.320 e. The molecular formula is C13H26ClNO3. The fourth-order valence-corrected chi connectivity index (χ4v) is 2.14. The number of carbonyl (C=O) groups is 1. The Hall–Kier alpha value is -0.320. The van der Waals surface area contributed by atoms with Crippen LogP contribution in [0.15, 0.2) is 0 Å². The van der Waals surface area contributed by atoms with Gasteiger partial charge in [0.25, 0.3) is 0 Å². The van der Waals surface area contributed by atoms with Crippen molar-refractivity contribution in [3.8, 4) is 0 Å². The van der Waals surface area contributed by atoms with Gasteiger partial charge in [0.2, 0.25) is 0 Å². The first-order chi connectivity index (χ1) is 8.11. The Morgan fingerprint density at radius 3 is 2.72 bits per heavy atom. The van der Waals surface area contributed by atoms with Crippen LogP contribution in [0, 0.1) is 5.92 Å². The minimum atomic E-state index is -0.688. The summed E-state index contributed by atoms with van der Waals surface area (Å²) in [6, 6.07) is -0.294. The summed E-state index contributed by atoms with van der Waals surface area (Å²) in [5.41, 5.74) is 0. The maximum Gasteiger partial charge on any atom is 0.320 e. The molecule has 1 fully saturated rings. The maximum atomic E-state index is 11.1. The largest absolute Gasteiger partial charge is 0.480 e. The van der Waals surface area contributed by atoms with Crippen molar-refractivity contribution in [3.05, 3.63) is 0 Å². The molecule has 1 atom stereocenters. The van der Waals surface area contributed by atoms with Crippen LogP contribution in [0.5, 0.6) is 0 Å². The summed E-state index contributed by atoms with van der Waals surface area (Å²) in [4.78, 5) is 13.1. The van der Waals surface area contributed by atoms with E-state index in [4.69, 9.17) is 9.84 Å². The van der Waals surface area contributed by atoms with Gasteiger partial charge in [-0.3, -0.25) is 9.69 Å². The minimum Gasteiger partial charge on any atom is -0.480 e. The highest BCUT2D eigenvalue weighted by atomic mass is 35.5. The van der Waals surface area contributed by atoms with Gasteiger partial charge in [-0.1, -0.05) is 20.3 Å². The monoisotopic (exact) mass is 279 g/mol. The minimum absolute atomic E-state index is 0. The van der Waals surface area contributed by atoms with Crippen molar-refractivity contribution in [2.24, 2.45) is 5.92 Å². The third-order valence-electron chi connectivity index (χ3n) is 3.26. The maximum absolute atomic E-state index is 11.1. The molecule has 18 heavy (non-hydrogen) atoms. The fraction of sp³-hybridized carbons (Fsp3) is 0.923. The van der Waals surface area contributed by atoms with Crippen LogP contribution in [0.3, 0.4) is 0 Å². The van der Waals surface area contributed by atoms with E-state index in [0.717, 1.165) is 45.4 Å². The van der Waals surface area contributed by atoms with Crippen molar-refractivity contribution in [1.82, 2.24) is 4.90 Å². The summed E-state index contributed by atoms with van der Waals surface area (Å²) in [5, 5.41) is 9.10. The van der Waals surface area contributed by atoms with Crippen molar-refractivity contribution >= 4 is 18.4 Å². The Morgan fingerprint density at radius 2 is 2.11 bits per heavy atom. The molecule has 1 aliphatic heterocycles. The average molecular weight is 280 g/mol. The zero-order valence-corrected chi connectivity index (χ0v) is 12.2. The van der Waals surface area contributed by atoms with E-state index in [9.17, 15) is 4.79 Å². The highest BCUT2D eigenvalue weighted by Crippen LogP contribution is 2.16. The Labute approximate surface area is 116 Å². The second-order valence-corrected chi connectivity index (χ2v) is 5.18. The van der Waals surface area contributed by atoms with E-state index < -0.39 is 5.97 Å². The van der Waals surface area contributed by atoms with Gasteiger partial charge in [-0.05, 0) is 31.7 Å². The number of hydrogen-bond acceptors (Lipinski definition) is 3. The molecule has 0 aromatic heterocycles. The third-order valence-corrected chi connectivity index (χ3v) is 3.26. The van der Waals surface area contributed by atoms with Crippen LogP contribution >= 0.6 is 12.4 Å². The molecule has 1 N–H and O–H groups in total. The fourth-order valence-electron chi connectivity index (χ4n) is 2.14. The van der Waals surface area contributed by atoms with Crippen LogP contribution in [0.2, 0.25) is 0 Å². The molecule has 0 aromatic carbocycles. The topological polar surface area (TPSA) is 49.8 Å². The van der Waals surface area contributed by atoms with Crippen molar-refractivity contribution in [2.75, 3.05) is 26.3 Å². The van der Waals surface area contributed by atoms with Crippen LogP contribution in [-0.2, 0) is 9.53 Å². The number of piperidine rings is 1. The third kappa shape index (κ3) is 6.57. The number of likely N-dealkylation sites (tertiary alicyclic amines) is 1. The lowest BCUT2D eigenvalue weighted by Gasteiger charge is -2.32. The standard InChI is InChI=1S/C13H25NO3.ClH/c1-11(2)6-9-17-10-8-14-7-4-3-5-12(14)13(15)16;/h11-12H,3-10H2,1-2H3,(H,15,16);1H. The number of halogens is 1. The van der Waals surface area contributed by atoms with Crippen molar-refractivity contribution < 1.29 is 14.6 Å². The Balaban J connectivity index is 0.00000289. The molecule has 0 aliphatic carbocycles. The molecule has 0 bridgehead atoms. The van der Waals surface area contributed by atoms with E-state index >= 15 is 0 Å². The highest BCUT2D eigenvalue weighted by Gasteiger charge is 2.27. The normalized spacial score (nSPS) is 20.7. The van der Waals surface area contributed by atoms with Gasteiger partial charge in [-0.2, -0.15) is 0 Å². The van der Waals surface area contributed by atoms with E-state index in [0.29, 0.717) is 12.5 Å². The molecular weight excluding hydrogens is 254 g/mol. The average Bonchev–Trinajstić information content (AvgIpc) is 2.28. The quantitative estimate of drug-likeness (QED) is 0.727. The Kier molecular flexibility index (Phi) is 9.42.